The Morgan fingerprint density at radius 2 is 1.89 bits per heavy atom. The summed E-state index contributed by atoms with van der Waals surface area (Å²) in [5.41, 5.74) is 0.613. The molecule has 1 unspecified atom stereocenters. The van der Waals surface area contributed by atoms with Gasteiger partial charge in [-0.1, -0.05) is 6.07 Å². The third-order valence-electron chi connectivity index (χ3n) is 3.32. The van der Waals surface area contributed by atoms with Crippen molar-refractivity contribution >= 4 is 9.84 Å². The van der Waals surface area contributed by atoms with Crippen LogP contribution in [0, 0.1) is 0 Å². The summed E-state index contributed by atoms with van der Waals surface area (Å²) in [4.78, 5) is 0. The van der Waals surface area contributed by atoms with Crippen LogP contribution in [0.2, 0.25) is 0 Å². The maximum Gasteiger partial charge on any atom is 0.153 e. The molecule has 0 saturated carbocycles. The monoisotopic (exact) mass is 287 g/mol. The van der Waals surface area contributed by atoms with Crippen molar-refractivity contribution in [3.8, 4) is 11.5 Å². The van der Waals surface area contributed by atoms with Crippen molar-refractivity contribution in [1.82, 2.24) is 5.32 Å². The summed E-state index contributed by atoms with van der Waals surface area (Å²) in [5, 5.41) is 22.0. The van der Waals surface area contributed by atoms with Crippen LogP contribution in [0.15, 0.2) is 18.2 Å². The van der Waals surface area contributed by atoms with Gasteiger partial charge < -0.3 is 15.5 Å². The molecule has 0 heterocycles. The molecule has 0 aliphatic carbocycles. The van der Waals surface area contributed by atoms with Crippen molar-refractivity contribution in [3.05, 3.63) is 23.8 Å². The predicted molar refractivity (Wildman–Crippen MR) is 75.1 cm³/mol. The summed E-state index contributed by atoms with van der Waals surface area (Å²) in [6.07, 6.45) is 1.21. The van der Waals surface area contributed by atoms with Crippen LogP contribution < -0.4 is 5.32 Å². The molecule has 0 aliphatic heterocycles. The largest absolute Gasteiger partial charge is 0.508 e. The van der Waals surface area contributed by atoms with E-state index in [1.54, 1.807) is 19.9 Å². The molecule has 1 aromatic rings. The molecule has 108 valence electrons. The van der Waals surface area contributed by atoms with Gasteiger partial charge in [0.15, 0.2) is 9.84 Å². The Labute approximate surface area is 114 Å². The first-order chi connectivity index (χ1) is 8.54. The number of hydrogen-bond donors (Lipinski definition) is 3. The minimum absolute atomic E-state index is 0.00934. The van der Waals surface area contributed by atoms with E-state index >= 15 is 0 Å². The summed E-state index contributed by atoms with van der Waals surface area (Å²) >= 11 is 0. The normalized spacial score (nSPS) is 14.3. The topological polar surface area (TPSA) is 86.6 Å². The Bertz CT molecular complexity index is 552. The van der Waals surface area contributed by atoms with Gasteiger partial charge in [0.05, 0.1) is 4.75 Å². The van der Waals surface area contributed by atoms with Crippen LogP contribution in [0.4, 0.5) is 0 Å². The summed E-state index contributed by atoms with van der Waals surface area (Å²) in [6.45, 7) is 5.40. The van der Waals surface area contributed by atoms with E-state index in [1.165, 1.54) is 18.4 Å². The first-order valence-electron chi connectivity index (χ1n) is 5.99. The first kappa shape index (κ1) is 15.8. The van der Waals surface area contributed by atoms with Crippen LogP contribution in [0.3, 0.4) is 0 Å². The smallest absolute Gasteiger partial charge is 0.153 e. The van der Waals surface area contributed by atoms with Crippen LogP contribution in [0.5, 0.6) is 11.5 Å². The maximum absolute atomic E-state index is 11.6. The molecule has 0 spiro atoms. The zero-order chi connectivity index (χ0) is 14.8. The summed E-state index contributed by atoms with van der Waals surface area (Å²) < 4.78 is 22.3. The van der Waals surface area contributed by atoms with Crippen LogP contribution in [-0.4, -0.2) is 36.2 Å². The molecular formula is C13H21NO4S. The van der Waals surface area contributed by atoms with Crippen molar-refractivity contribution in [2.75, 3.05) is 12.8 Å². The fourth-order valence-electron chi connectivity index (χ4n) is 1.54. The summed E-state index contributed by atoms with van der Waals surface area (Å²) in [6, 6.07) is 4.13. The van der Waals surface area contributed by atoms with Gasteiger partial charge in [0, 0.05) is 30.5 Å². The highest BCUT2D eigenvalue weighted by atomic mass is 32.2. The molecule has 0 fully saturated rings. The van der Waals surface area contributed by atoms with Gasteiger partial charge in [-0.2, -0.15) is 0 Å². The number of hydrogen-bond acceptors (Lipinski definition) is 5. The SMILES string of the molecule is CC(NCC(C)(C)S(C)(=O)=O)c1ccc(O)cc1O. The van der Waals surface area contributed by atoms with Crippen molar-refractivity contribution in [1.29, 1.82) is 0 Å². The highest BCUT2D eigenvalue weighted by Gasteiger charge is 2.30. The van der Waals surface area contributed by atoms with Gasteiger partial charge in [-0.05, 0) is 26.8 Å². The van der Waals surface area contributed by atoms with E-state index < -0.39 is 14.6 Å². The van der Waals surface area contributed by atoms with Crippen LogP contribution in [0.25, 0.3) is 0 Å². The lowest BCUT2D eigenvalue weighted by Gasteiger charge is -2.25. The number of rotatable bonds is 5. The number of nitrogens with one attached hydrogen (secondary N) is 1. The lowest BCUT2D eigenvalue weighted by Crippen LogP contribution is -2.42. The van der Waals surface area contributed by atoms with Crippen molar-refractivity contribution in [2.45, 2.75) is 31.6 Å². The second kappa shape index (κ2) is 5.38. The third kappa shape index (κ3) is 3.84. The molecule has 1 rings (SSSR count). The minimum Gasteiger partial charge on any atom is -0.508 e. The van der Waals surface area contributed by atoms with Crippen LogP contribution >= 0.6 is 0 Å². The quantitative estimate of drug-likeness (QED) is 0.765. The number of aromatic hydroxyl groups is 2. The van der Waals surface area contributed by atoms with E-state index in [2.05, 4.69) is 5.32 Å². The fraction of sp³-hybridized carbons (Fsp3) is 0.538. The zero-order valence-electron chi connectivity index (χ0n) is 11.6. The van der Waals surface area contributed by atoms with E-state index in [9.17, 15) is 18.6 Å². The molecule has 0 amide bonds. The molecule has 0 aliphatic rings. The summed E-state index contributed by atoms with van der Waals surface area (Å²) in [5.74, 6) is -0.0259. The van der Waals surface area contributed by atoms with E-state index in [0.29, 0.717) is 5.56 Å². The Kier molecular flexibility index (Phi) is 4.47. The maximum atomic E-state index is 11.6. The fourth-order valence-corrected chi connectivity index (χ4v) is 1.88. The lowest BCUT2D eigenvalue weighted by molar-refractivity contribution is 0.431. The van der Waals surface area contributed by atoms with Crippen molar-refractivity contribution in [2.24, 2.45) is 0 Å². The van der Waals surface area contributed by atoms with Gasteiger partial charge >= 0.3 is 0 Å². The average Bonchev–Trinajstić information content (AvgIpc) is 2.24. The van der Waals surface area contributed by atoms with Crippen LogP contribution in [0.1, 0.15) is 32.4 Å². The standard InChI is InChI=1S/C13H21NO4S/c1-9(11-6-5-10(15)7-12(11)16)14-8-13(2,3)19(4,17)18/h5-7,9,14-16H,8H2,1-4H3. The molecule has 1 aromatic carbocycles. The van der Waals surface area contributed by atoms with Gasteiger partial charge in [0.1, 0.15) is 11.5 Å². The number of benzene rings is 1. The molecule has 0 bridgehead atoms. The Balaban J connectivity index is 2.79. The first-order valence-corrected chi connectivity index (χ1v) is 7.88. The van der Waals surface area contributed by atoms with Crippen molar-refractivity contribution < 1.29 is 18.6 Å². The Morgan fingerprint density at radius 3 is 2.37 bits per heavy atom. The van der Waals surface area contributed by atoms with Gasteiger partial charge in [-0.3, -0.25) is 0 Å². The second-order valence-corrected chi connectivity index (χ2v) is 8.03. The Morgan fingerprint density at radius 1 is 1.32 bits per heavy atom. The summed E-state index contributed by atoms with van der Waals surface area (Å²) in [7, 11) is -3.16. The number of phenolic OH excluding ortho intramolecular Hbond substituents is 2. The van der Waals surface area contributed by atoms with Gasteiger partial charge in [0.25, 0.3) is 0 Å². The molecule has 5 nitrogen and oxygen atoms in total. The highest BCUT2D eigenvalue weighted by Crippen LogP contribution is 2.28. The van der Waals surface area contributed by atoms with E-state index in [-0.39, 0.29) is 24.1 Å². The molecule has 6 heteroatoms. The van der Waals surface area contributed by atoms with E-state index in [0.717, 1.165) is 0 Å². The third-order valence-corrected chi connectivity index (χ3v) is 5.47. The number of sulfone groups is 1. The molecule has 1 atom stereocenters. The molecule has 0 saturated heterocycles. The molecule has 19 heavy (non-hydrogen) atoms. The zero-order valence-corrected chi connectivity index (χ0v) is 12.5. The second-order valence-electron chi connectivity index (χ2n) is 5.38. The number of phenols is 2. The minimum atomic E-state index is -3.16. The van der Waals surface area contributed by atoms with Gasteiger partial charge in [0.2, 0.25) is 0 Å². The van der Waals surface area contributed by atoms with Gasteiger partial charge in [-0.25, -0.2) is 8.42 Å². The predicted octanol–water partition coefficient (Wildman–Crippen LogP) is 1.57. The molecule has 0 radical (unpaired) electrons. The average molecular weight is 287 g/mol. The highest BCUT2D eigenvalue weighted by molar-refractivity contribution is 7.92. The molecular weight excluding hydrogens is 266 g/mol. The Hall–Kier alpha value is -1.27. The molecule has 3 N–H and O–H groups in total. The van der Waals surface area contributed by atoms with Gasteiger partial charge in [-0.15, -0.1) is 0 Å². The van der Waals surface area contributed by atoms with E-state index in [1.807, 2.05) is 6.92 Å². The van der Waals surface area contributed by atoms with Crippen molar-refractivity contribution in [3.63, 3.8) is 0 Å². The molecule has 0 aromatic heterocycles. The van der Waals surface area contributed by atoms with Crippen LogP contribution in [-0.2, 0) is 9.84 Å². The lowest BCUT2D eigenvalue weighted by atomic mass is 10.1. The van der Waals surface area contributed by atoms with E-state index in [4.69, 9.17) is 0 Å².